The monoisotopic (exact) mass is 269 g/mol. The van der Waals surface area contributed by atoms with E-state index in [4.69, 9.17) is 0 Å². The first-order valence-corrected chi connectivity index (χ1v) is 7.08. The van der Waals surface area contributed by atoms with Gasteiger partial charge in [0.05, 0.1) is 5.71 Å². The van der Waals surface area contributed by atoms with Crippen molar-refractivity contribution in [3.8, 4) is 0 Å². The molecule has 0 amide bonds. The molecule has 2 rings (SSSR count). The van der Waals surface area contributed by atoms with Crippen molar-refractivity contribution in [1.29, 1.82) is 0 Å². The van der Waals surface area contributed by atoms with E-state index >= 15 is 0 Å². The van der Waals surface area contributed by atoms with Crippen LogP contribution in [0.2, 0.25) is 0 Å². The van der Waals surface area contributed by atoms with Crippen LogP contribution in [0.4, 0.5) is 0 Å². The zero-order valence-electron chi connectivity index (χ0n) is 11.9. The summed E-state index contributed by atoms with van der Waals surface area (Å²) in [5.41, 5.74) is 2.97. The van der Waals surface area contributed by atoms with E-state index in [-0.39, 0.29) is 0 Å². The van der Waals surface area contributed by atoms with Crippen LogP contribution in [0.15, 0.2) is 60.0 Å². The van der Waals surface area contributed by atoms with Gasteiger partial charge in [0, 0.05) is 18.1 Å². The highest BCUT2D eigenvalue weighted by atomic mass is 16.4. The smallest absolute Gasteiger partial charge is 0.171 e. The van der Waals surface area contributed by atoms with Crippen LogP contribution in [0.5, 0.6) is 0 Å². The van der Waals surface area contributed by atoms with E-state index in [1.807, 2.05) is 30.3 Å². The number of aryl methyl sites for hydroxylation is 2. The third-order valence-corrected chi connectivity index (χ3v) is 3.28. The summed E-state index contributed by atoms with van der Waals surface area (Å²) in [6.45, 7) is 3.21. The first kappa shape index (κ1) is 14.3. The fourth-order valence-corrected chi connectivity index (χ4v) is 2.27. The molecule has 104 valence electrons. The van der Waals surface area contributed by atoms with Crippen molar-refractivity contribution in [3.63, 3.8) is 0 Å². The van der Waals surface area contributed by atoms with Crippen molar-refractivity contribution < 1.29 is 9.77 Å². The Morgan fingerprint density at radius 2 is 1.95 bits per heavy atom. The Hall–Kier alpha value is -2.16. The lowest BCUT2D eigenvalue weighted by atomic mass is 10.0. The van der Waals surface area contributed by atoms with E-state index in [1.165, 1.54) is 5.56 Å². The molecule has 0 radical (unpaired) electrons. The lowest BCUT2D eigenvalue weighted by Gasteiger charge is -2.04. The van der Waals surface area contributed by atoms with Gasteiger partial charge in [0.15, 0.2) is 12.4 Å². The second-order valence-corrected chi connectivity index (χ2v) is 4.86. The number of hydrogen-bond acceptors (Lipinski definition) is 2. The molecular formula is C17H21N2O+. The number of hydrogen-bond donors (Lipinski definition) is 1. The Morgan fingerprint density at radius 3 is 2.65 bits per heavy atom. The van der Waals surface area contributed by atoms with Gasteiger partial charge in [-0.1, -0.05) is 42.4 Å². The molecule has 1 aromatic carbocycles. The first-order valence-electron chi connectivity index (χ1n) is 7.08. The maximum atomic E-state index is 9.18. The molecule has 0 aliphatic rings. The van der Waals surface area contributed by atoms with Crippen molar-refractivity contribution in [2.45, 2.75) is 32.7 Å². The normalized spacial score (nSPS) is 11.6. The van der Waals surface area contributed by atoms with Gasteiger partial charge in [0.2, 0.25) is 0 Å². The van der Waals surface area contributed by atoms with Gasteiger partial charge in [-0.2, -0.15) is 0 Å². The molecule has 0 saturated heterocycles. The van der Waals surface area contributed by atoms with Crippen LogP contribution in [-0.4, -0.2) is 10.9 Å². The van der Waals surface area contributed by atoms with E-state index in [1.54, 1.807) is 0 Å². The molecule has 3 heteroatoms. The zero-order valence-corrected chi connectivity index (χ0v) is 11.9. The molecule has 0 spiro atoms. The molecule has 1 aromatic heterocycles. The number of rotatable bonds is 6. The van der Waals surface area contributed by atoms with Gasteiger partial charge in [-0.25, -0.2) is 4.57 Å². The third kappa shape index (κ3) is 3.92. The van der Waals surface area contributed by atoms with Gasteiger partial charge < -0.3 is 5.21 Å². The Bertz CT molecular complexity index is 564. The summed E-state index contributed by atoms with van der Waals surface area (Å²) in [6.07, 6.45) is 6.99. The topological polar surface area (TPSA) is 36.5 Å². The molecule has 3 nitrogen and oxygen atoms in total. The molecule has 0 bridgehead atoms. The minimum Gasteiger partial charge on any atom is -0.411 e. The number of oxime groups is 1. The number of benzene rings is 1. The van der Waals surface area contributed by atoms with Crippen molar-refractivity contribution in [2.24, 2.45) is 5.16 Å². The van der Waals surface area contributed by atoms with Crippen molar-refractivity contribution in [3.05, 3.63) is 66.0 Å². The zero-order chi connectivity index (χ0) is 14.2. The Balaban J connectivity index is 2.02. The number of pyridine rings is 1. The summed E-state index contributed by atoms with van der Waals surface area (Å²) >= 11 is 0. The van der Waals surface area contributed by atoms with E-state index < -0.39 is 0 Å². The molecular weight excluding hydrogens is 248 g/mol. The van der Waals surface area contributed by atoms with Gasteiger partial charge in [-0.15, -0.1) is 0 Å². The van der Waals surface area contributed by atoms with Crippen LogP contribution in [0.25, 0.3) is 0 Å². The minimum atomic E-state index is 0.733. The number of aromatic nitrogens is 1. The molecule has 0 atom stereocenters. The summed E-state index contributed by atoms with van der Waals surface area (Å²) in [6, 6.07) is 14.0. The molecule has 20 heavy (non-hydrogen) atoms. The fraction of sp³-hybridized carbons (Fsp3) is 0.294. The molecule has 2 aromatic rings. The van der Waals surface area contributed by atoms with Crippen LogP contribution >= 0.6 is 0 Å². The fourth-order valence-electron chi connectivity index (χ4n) is 2.27. The SMILES string of the molecule is CCC[n+]1cccc(CCC(=NO)c2ccccc2)c1. The van der Waals surface area contributed by atoms with Gasteiger partial charge in [-0.05, 0) is 24.5 Å². The average Bonchev–Trinajstić information content (AvgIpc) is 2.50. The predicted octanol–water partition coefficient (Wildman–Crippen LogP) is 3.20. The molecule has 0 aliphatic heterocycles. The maximum absolute atomic E-state index is 9.18. The van der Waals surface area contributed by atoms with E-state index in [9.17, 15) is 5.21 Å². The molecule has 1 N–H and O–H groups in total. The molecule has 0 unspecified atom stereocenters. The molecule has 0 saturated carbocycles. The summed E-state index contributed by atoms with van der Waals surface area (Å²) < 4.78 is 2.20. The lowest BCUT2D eigenvalue weighted by molar-refractivity contribution is -0.697. The van der Waals surface area contributed by atoms with Gasteiger partial charge >= 0.3 is 0 Å². The standard InChI is InChI=1S/C17H20N2O/c1-2-12-19-13-6-7-15(14-19)10-11-17(18-20)16-8-4-3-5-9-16/h3-9,13-14H,2,10-12H2,1H3/p+1. The van der Waals surface area contributed by atoms with E-state index in [0.717, 1.165) is 37.1 Å². The van der Waals surface area contributed by atoms with E-state index in [0.29, 0.717) is 0 Å². The molecule has 0 fully saturated rings. The summed E-state index contributed by atoms with van der Waals surface area (Å²) in [5, 5.41) is 12.6. The lowest BCUT2D eigenvalue weighted by Crippen LogP contribution is -2.32. The highest BCUT2D eigenvalue weighted by Crippen LogP contribution is 2.08. The highest BCUT2D eigenvalue weighted by molar-refractivity contribution is 6.00. The number of nitrogens with zero attached hydrogens (tertiary/aromatic N) is 2. The van der Waals surface area contributed by atoms with E-state index in [2.05, 4.69) is 41.2 Å². The molecule has 1 heterocycles. The summed E-state index contributed by atoms with van der Waals surface area (Å²) in [4.78, 5) is 0. The van der Waals surface area contributed by atoms with Crippen molar-refractivity contribution in [2.75, 3.05) is 0 Å². The maximum Gasteiger partial charge on any atom is 0.171 e. The Morgan fingerprint density at radius 1 is 1.15 bits per heavy atom. The third-order valence-electron chi connectivity index (χ3n) is 3.28. The van der Waals surface area contributed by atoms with Crippen LogP contribution in [0, 0.1) is 0 Å². The molecule has 0 aliphatic carbocycles. The minimum absolute atomic E-state index is 0.733. The largest absolute Gasteiger partial charge is 0.411 e. The van der Waals surface area contributed by atoms with Gasteiger partial charge in [-0.3, -0.25) is 0 Å². The summed E-state index contributed by atoms with van der Waals surface area (Å²) in [5.74, 6) is 0. The second-order valence-electron chi connectivity index (χ2n) is 4.86. The van der Waals surface area contributed by atoms with Crippen LogP contribution in [-0.2, 0) is 13.0 Å². The second kappa shape index (κ2) is 7.43. The summed E-state index contributed by atoms with van der Waals surface area (Å²) in [7, 11) is 0. The van der Waals surface area contributed by atoms with Crippen LogP contribution < -0.4 is 4.57 Å². The first-order chi connectivity index (χ1) is 9.83. The Kier molecular flexibility index (Phi) is 5.30. The highest BCUT2D eigenvalue weighted by Gasteiger charge is 2.07. The van der Waals surface area contributed by atoms with Crippen LogP contribution in [0.1, 0.15) is 30.9 Å². The van der Waals surface area contributed by atoms with Crippen LogP contribution in [0.3, 0.4) is 0 Å². The Labute approximate surface area is 120 Å². The van der Waals surface area contributed by atoms with Gasteiger partial charge in [0.1, 0.15) is 6.54 Å². The average molecular weight is 269 g/mol. The van der Waals surface area contributed by atoms with Crippen molar-refractivity contribution in [1.82, 2.24) is 0 Å². The van der Waals surface area contributed by atoms with Crippen molar-refractivity contribution >= 4 is 5.71 Å². The van der Waals surface area contributed by atoms with Gasteiger partial charge in [0.25, 0.3) is 0 Å². The quantitative estimate of drug-likeness (QED) is 0.372. The predicted molar refractivity (Wildman–Crippen MR) is 80.0 cm³/mol.